The van der Waals surface area contributed by atoms with Gasteiger partial charge in [-0.2, -0.15) is 0 Å². The normalized spacial score (nSPS) is 9.62. The van der Waals surface area contributed by atoms with Crippen LogP contribution in [0.2, 0.25) is 0 Å². The van der Waals surface area contributed by atoms with Gasteiger partial charge >= 0.3 is 5.97 Å². The molecule has 1 aromatic rings. The van der Waals surface area contributed by atoms with E-state index < -0.39 is 0 Å². The summed E-state index contributed by atoms with van der Waals surface area (Å²) in [4.78, 5) is 21.3. The zero-order valence-corrected chi connectivity index (χ0v) is 9.36. The highest BCUT2D eigenvalue weighted by atomic mass is 16.7. The van der Waals surface area contributed by atoms with E-state index in [1.165, 1.54) is 6.92 Å². The Morgan fingerprint density at radius 1 is 1.12 bits per heavy atom. The molecule has 0 aliphatic rings. The highest BCUT2D eigenvalue weighted by Gasteiger charge is 1.99. The van der Waals surface area contributed by atoms with Crippen LogP contribution in [0.4, 0.5) is 0 Å². The van der Waals surface area contributed by atoms with Crippen LogP contribution < -0.4 is 4.74 Å². The molecule has 0 N–H and O–H groups in total. The number of rotatable bonds is 5. The summed E-state index contributed by atoms with van der Waals surface area (Å²) in [5.41, 5.74) is 0.937. The molecule has 0 saturated heterocycles. The smallest absolute Gasteiger partial charge is 0.305 e. The first-order valence-electron chi connectivity index (χ1n) is 4.92. The molecule has 0 unspecified atom stereocenters. The fourth-order valence-corrected chi connectivity index (χ4v) is 1.17. The van der Waals surface area contributed by atoms with Crippen molar-refractivity contribution in [2.75, 3.05) is 6.79 Å². The molecule has 4 heteroatoms. The van der Waals surface area contributed by atoms with Gasteiger partial charge in [0, 0.05) is 13.3 Å². The monoisotopic (exact) mass is 222 g/mol. The number of hydrogen-bond donors (Lipinski definition) is 0. The summed E-state index contributed by atoms with van der Waals surface area (Å²) < 4.78 is 9.77. The number of ketones is 1. The van der Waals surface area contributed by atoms with Gasteiger partial charge in [0.2, 0.25) is 6.79 Å². The molecule has 0 radical (unpaired) electrons. The Labute approximate surface area is 94.2 Å². The third-order valence-corrected chi connectivity index (χ3v) is 1.86. The molecule has 0 aliphatic carbocycles. The predicted octanol–water partition coefficient (Wildman–Crippen LogP) is 1.72. The zero-order valence-electron chi connectivity index (χ0n) is 9.36. The van der Waals surface area contributed by atoms with Crippen LogP contribution >= 0.6 is 0 Å². The first-order chi connectivity index (χ1) is 7.58. The zero-order chi connectivity index (χ0) is 12.0. The van der Waals surface area contributed by atoms with Crippen molar-refractivity contribution >= 4 is 11.8 Å². The first kappa shape index (κ1) is 12.2. The van der Waals surface area contributed by atoms with Gasteiger partial charge < -0.3 is 9.47 Å². The minimum absolute atomic E-state index is 0.0958. The van der Waals surface area contributed by atoms with Gasteiger partial charge in [-0.25, -0.2) is 0 Å². The van der Waals surface area contributed by atoms with Crippen molar-refractivity contribution in [1.82, 2.24) is 0 Å². The summed E-state index contributed by atoms with van der Waals surface area (Å²) in [6.45, 7) is 2.77. The molecule has 16 heavy (non-hydrogen) atoms. The van der Waals surface area contributed by atoms with Crippen molar-refractivity contribution in [2.24, 2.45) is 0 Å². The number of benzene rings is 1. The minimum atomic E-state index is -0.381. The van der Waals surface area contributed by atoms with E-state index in [-0.39, 0.29) is 18.5 Å². The second-order valence-corrected chi connectivity index (χ2v) is 3.42. The maximum atomic E-state index is 10.9. The van der Waals surface area contributed by atoms with Gasteiger partial charge in [0.1, 0.15) is 11.5 Å². The predicted molar refractivity (Wildman–Crippen MR) is 58.1 cm³/mol. The van der Waals surface area contributed by atoms with Gasteiger partial charge in [0.25, 0.3) is 0 Å². The van der Waals surface area contributed by atoms with E-state index in [0.29, 0.717) is 12.2 Å². The summed E-state index contributed by atoms with van der Waals surface area (Å²) >= 11 is 0. The van der Waals surface area contributed by atoms with Crippen LogP contribution in [0.3, 0.4) is 0 Å². The first-order valence-corrected chi connectivity index (χ1v) is 4.92. The average molecular weight is 222 g/mol. The Bertz CT molecular complexity index is 367. The number of carbonyl (C=O) groups excluding carboxylic acids is 2. The molecule has 0 amide bonds. The highest BCUT2D eigenvalue weighted by molar-refractivity contribution is 5.78. The van der Waals surface area contributed by atoms with E-state index >= 15 is 0 Å². The molecule has 0 aliphatic heterocycles. The lowest BCUT2D eigenvalue weighted by atomic mass is 10.1. The van der Waals surface area contributed by atoms with Crippen LogP contribution in [0.25, 0.3) is 0 Å². The Balaban J connectivity index is 2.45. The van der Waals surface area contributed by atoms with Gasteiger partial charge in [-0.05, 0) is 24.6 Å². The maximum absolute atomic E-state index is 10.9. The number of ether oxygens (including phenoxy) is 2. The number of hydrogen-bond acceptors (Lipinski definition) is 4. The summed E-state index contributed by atoms with van der Waals surface area (Å²) in [6.07, 6.45) is 0.421. The second kappa shape index (κ2) is 5.90. The van der Waals surface area contributed by atoms with Crippen molar-refractivity contribution in [2.45, 2.75) is 20.3 Å². The molecule has 0 fully saturated rings. The molecule has 0 spiro atoms. The SMILES string of the molecule is CC(=O)Cc1ccc(OCOC(C)=O)cc1. The van der Waals surface area contributed by atoms with Crippen molar-refractivity contribution in [3.63, 3.8) is 0 Å². The van der Waals surface area contributed by atoms with Crippen molar-refractivity contribution in [1.29, 1.82) is 0 Å². The van der Waals surface area contributed by atoms with Crippen molar-refractivity contribution < 1.29 is 19.1 Å². The highest BCUT2D eigenvalue weighted by Crippen LogP contribution is 2.12. The molecule has 0 saturated carbocycles. The van der Waals surface area contributed by atoms with Crippen molar-refractivity contribution in [3.05, 3.63) is 29.8 Å². The molecule has 0 aromatic heterocycles. The second-order valence-electron chi connectivity index (χ2n) is 3.42. The topological polar surface area (TPSA) is 52.6 Å². The molecule has 1 rings (SSSR count). The van der Waals surface area contributed by atoms with E-state index in [9.17, 15) is 9.59 Å². The summed E-state index contributed by atoms with van der Waals surface area (Å²) in [5, 5.41) is 0. The number of Topliss-reactive ketones (excluding diaryl/α,β-unsaturated/α-hetero) is 1. The average Bonchev–Trinajstić information content (AvgIpc) is 2.19. The molecule has 1 aromatic carbocycles. The lowest BCUT2D eigenvalue weighted by Gasteiger charge is -2.06. The third kappa shape index (κ3) is 4.59. The molecule has 0 heterocycles. The number of esters is 1. The fourth-order valence-electron chi connectivity index (χ4n) is 1.17. The Hall–Kier alpha value is -1.84. The van der Waals surface area contributed by atoms with Gasteiger partial charge in [-0.15, -0.1) is 0 Å². The molecule has 0 bridgehead atoms. The number of carbonyl (C=O) groups is 2. The van der Waals surface area contributed by atoms with Gasteiger partial charge in [0.05, 0.1) is 0 Å². The van der Waals surface area contributed by atoms with Crippen LogP contribution in [0.15, 0.2) is 24.3 Å². The quantitative estimate of drug-likeness (QED) is 0.562. The van der Waals surface area contributed by atoms with E-state index in [1.807, 2.05) is 12.1 Å². The van der Waals surface area contributed by atoms with Crippen LogP contribution in [0, 0.1) is 0 Å². The van der Waals surface area contributed by atoms with E-state index in [4.69, 9.17) is 4.74 Å². The standard InChI is InChI=1S/C12H14O4/c1-9(13)7-11-3-5-12(6-4-11)16-8-15-10(2)14/h3-6H,7-8H2,1-2H3. The van der Waals surface area contributed by atoms with Crippen molar-refractivity contribution in [3.8, 4) is 5.75 Å². The van der Waals surface area contributed by atoms with Crippen LogP contribution in [-0.4, -0.2) is 18.5 Å². The van der Waals surface area contributed by atoms with E-state index in [1.54, 1.807) is 19.1 Å². The Morgan fingerprint density at radius 2 is 1.75 bits per heavy atom. The lowest BCUT2D eigenvalue weighted by Crippen LogP contribution is -2.06. The Kier molecular flexibility index (Phi) is 4.51. The van der Waals surface area contributed by atoms with Gasteiger partial charge in [0.15, 0.2) is 0 Å². The van der Waals surface area contributed by atoms with Crippen LogP contribution in [0.5, 0.6) is 5.75 Å². The molecular formula is C12H14O4. The maximum Gasteiger partial charge on any atom is 0.305 e. The summed E-state index contributed by atoms with van der Waals surface area (Å²) in [5.74, 6) is 0.343. The largest absolute Gasteiger partial charge is 0.457 e. The molecule has 86 valence electrons. The Morgan fingerprint density at radius 3 is 2.25 bits per heavy atom. The van der Waals surface area contributed by atoms with E-state index in [2.05, 4.69) is 4.74 Å². The molecular weight excluding hydrogens is 208 g/mol. The molecule has 4 nitrogen and oxygen atoms in total. The summed E-state index contributed by atoms with van der Waals surface area (Å²) in [7, 11) is 0. The third-order valence-electron chi connectivity index (χ3n) is 1.86. The van der Waals surface area contributed by atoms with Gasteiger partial charge in [-0.3, -0.25) is 9.59 Å². The van der Waals surface area contributed by atoms with Crippen LogP contribution in [0.1, 0.15) is 19.4 Å². The minimum Gasteiger partial charge on any atom is -0.457 e. The fraction of sp³-hybridized carbons (Fsp3) is 0.333. The summed E-state index contributed by atoms with van der Waals surface area (Å²) in [6, 6.07) is 7.10. The van der Waals surface area contributed by atoms with E-state index in [0.717, 1.165) is 5.56 Å². The lowest BCUT2D eigenvalue weighted by molar-refractivity contribution is -0.147. The molecule has 0 atom stereocenters. The van der Waals surface area contributed by atoms with Gasteiger partial charge in [-0.1, -0.05) is 12.1 Å². The van der Waals surface area contributed by atoms with Crippen LogP contribution in [-0.2, 0) is 20.7 Å².